The number of benzene rings is 1. The third-order valence-electron chi connectivity index (χ3n) is 3.21. The number of ether oxygens (including phenoxy) is 2. The van der Waals surface area contributed by atoms with E-state index in [9.17, 15) is 9.90 Å². The standard InChI is InChI=1S/C15H17NO4.Li.H/c1-4-20-14-6-11-10(5-13(14)19-3)7-16-8-12(11)9(2)15(17)18;;/h5-9H,4H2,1-3H3,(H,17,18);;. The molecule has 0 spiro atoms. The van der Waals surface area contributed by atoms with Gasteiger partial charge in [-0.05, 0) is 36.9 Å². The first-order chi connectivity index (χ1) is 9.58. The monoisotopic (exact) mass is 283 g/mol. The van der Waals surface area contributed by atoms with E-state index in [1.54, 1.807) is 26.4 Å². The van der Waals surface area contributed by atoms with Crippen LogP contribution in [0.3, 0.4) is 0 Å². The van der Waals surface area contributed by atoms with Crippen molar-refractivity contribution in [2.24, 2.45) is 0 Å². The summed E-state index contributed by atoms with van der Waals surface area (Å²) < 4.78 is 10.8. The molecule has 0 fully saturated rings. The van der Waals surface area contributed by atoms with Gasteiger partial charge in [0.2, 0.25) is 0 Å². The molecular weight excluding hydrogens is 265 g/mol. The van der Waals surface area contributed by atoms with Crippen LogP contribution in [0.4, 0.5) is 0 Å². The van der Waals surface area contributed by atoms with Crippen molar-refractivity contribution in [3.05, 3.63) is 30.1 Å². The van der Waals surface area contributed by atoms with E-state index in [1.165, 1.54) is 0 Å². The number of aliphatic carboxylic acids is 1. The first-order valence-corrected chi connectivity index (χ1v) is 6.39. The molecule has 0 aliphatic rings. The topological polar surface area (TPSA) is 68.7 Å². The molecule has 1 aromatic carbocycles. The molecule has 0 saturated heterocycles. The molecule has 5 nitrogen and oxygen atoms in total. The zero-order chi connectivity index (χ0) is 14.7. The van der Waals surface area contributed by atoms with Crippen molar-refractivity contribution in [3.8, 4) is 11.5 Å². The Labute approximate surface area is 135 Å². The van der Waals surface area contributed by atoms with E-state index in [0.29, 0.717) is 23.7 Å². The number of hydrogen-bond acceptors (Lipinski definition) is 4. The van der Waals surface area contributed by atoms with Crippen molar-refractivity contribution in [1.29, 1.82) is 0 Å². The Morgan fingerprint density at radius 2 is 2.05 bits per heavy atom. The van der Waals surface area contributed by atoms with E-state index in [4.69, 9.17) is 9.47 Å². The molecular formula is C15H18LiNO4. The van der Waals surface area contributed by atoms with E-state index in [0.717, 1.165) is 10.8 Å². The Morgan fingerprint density at radius 1 is 1.33 bits per heavy atom. The Balaban J connectivity index is 0.00000220. The fraction of sp³-hybridized carbons (Fsp3) is 0.333. The van der Waals surface area contributed by atoms with Crippen LogP contribution < -0.4 is 9.47 Å². The Bertz CT molecular complexity index is 645. The average Bonchev–Trinajstić information content (AvgIpc) is 2.45. The number of hydrogen-bond donors (Lipinski definition) is 1. The van der Waals surface area contributed by atoms with Gasteiger partial charge in [-0.1, -0.05) is 0 Å². The van der Waals surface area contributed by atoms with Crippen LogP contribution in [0.5, 0.6) is 11.5 Å². The van der Waals surface area contributed by atoms with Gasteiger partial charge in [-0.25, -0.2) is 0 Å². The summed E-state index contributed by atoms with van der Waals surface area (Å²) in [5.74, 6) is -0.295. The van der Waals surface area contributed by atoms with Gasteiger partial charge in [-0.2, -0.15) is 0 Å². The number of pyridine rings is 1. The second-order valence-electron chi connectivity index (χ2n) is 4.45. The number of carboxylic acids is 1. The first-order valence-electron chi connectivity index (χ1n) is 6.39. The van der Waals surface area contributed by atoms with Gasteiger partial charge < -0.3 is 14.6 Å². The normalized spacial score (nSPS) is 11.6. The number of aromatic nitrogens is 1. The van der Waals surface area contributed by atoms with Gasteiger partial charge in [0, 0.05) is 17.8 Å². The quantitative estimate of drug-likeness (QED) is 0.852. The molecule has 21 heavy (non-hydrogen) atoms. The van der Waals surface area contributed by atoms with Crippen molar-refractivity contribution in [3.63, 3.8) is 0 Å². The first kappa shape index (κ1) is 17.3. The molecule has 1 heterocycles. The maximum atomic E-state index is 11.2. The van der Waals surface area contributed by atoms with Crippen molar-refractivity contribution >= 4 is 35.6 Å². The minimum absolute atomic E-state index is 0. The number of carboxylic acid groups (broad SMARTS) is 1. The van der Waals surface area contributed by atoms with Crippen LogP contribution in [-0.4, -0.2) is 48.6 Å². The Hall–Kier alpha value is -1.70. The summed E-state index contributed by atoms with van der Waals surface area (Å²) in [7, 11) is 1.57. The van der Waals surface area contributed by atoms with E-state index in [1.807, 2.05) is 19.1 Å². The molecule has 1 N–H and O–H groups in total. The van der Waals surface area contributed by atoms with Crippen LogP contribution in [0.25, 0.3) is 10.8 Å². The van der Waals surface area contributed by atoms with E-state index < -0.39 is 11.9 Å². The molecule has 0 bridgehead atoms. The Kier molecular flexibility index (Phi) is 6.07. The predicted octanol–water partition coefficient (Wildman–Crippen LogP) is 2.18. The second kappa shape index (κ2) is 7.35. The summed E-state index contributed by atoms with van der Waals surface area (Å²) in [6.07, 6.45) is 3.27. The van der Waals surface area contributed by atoms with Crippen molar-refractivity contribution in [1.82, 2.24) is 4.98 Å². The summed E-state index contributed by atoms with van der Waals surface area (Å²) in [5, 5.41) is 10.8. The third kappa shape index (κ3) is 3.49. The molecule has 0 aliphatic heterocycles. The molecule has 1 aromatic heterocycles. The van der Waals surface area contributed by atoms with Crippen LogP contribution in [0.15, 0.2) is 24.5 Å². The molecule has 2 aromatic rings. The van der Waals surface area contributed by atoms with Crippen molar-refractivity contribution < 1.29 is 19.4 Å². The SMILES string of the molecule is CCOc1cc2c(C(C)C(=O)O)cncc2cc1OC.[LiH]. The fourth-order valence-corrected chi connectivity index (χ4v) is 2.11. The molecule has 2 rings (SSSR count). The van der Waals surface area contributed by atoms with Crippen LogP contribution >= 0.6 is 0 Å². The predicted molar refractivity (Wildman–Crippen MR) is 82.7 cm³/mol. The molecule has 0 aliphatic carbocycles. The third-order valence-corrected chi connectivity index (χ3v) is 3.21. The summed E-state index contributed by atoms with van der Waals surface area (Å²) in [6.45, 7) is 4.04. The summed E-state index contributed by atoms with van der Waals surface area (Å²) >= 11 is 0. The number of rotatable bonds is 5. The van der Waals surface area contributed by atoms with Gasteiger partial charge in [0.15, 0.2) is 11.5 Å². The number of nitrogens with zero attached hydrogens (tertiary/aromatic N) is 1. The maximum absolute atomic E-state index is 11.2. The zero-order valence-electron chi connectivity index (χ0n) is 11.7. The molecule has 1 unspecified atom stereocenters. The summed E-state index contributed by atoms with van der Waals surface area (Å²) in [4.78, 5) is 15.3. The molecule has 0 amide bonds. The average molecular weight is 283 g/mol. The zero-order valence-corrected chi connectivity index (χ0v) is 11.7. The van der Waals surface area contributed by atoms with E-state index in [-0.39, 0.29) is 18.9 Å². The van der Waals surface area contributed by atoms with Crippen LogP contribution in [0.2, 0.25) is 0 Å². The van der Waals surface area contributed by atoms with Crippen molar-refractivity contribution in [2.45, 2.75) is 19.8 Å². The van der Waals surface area contributed by atoms with Gasteiger partial charge in [0.05, 0.1) is 19.6 Å². The van der Waals surface area contributed by atoms with Gasteiger partial charge >= 0.3 is 24.8 Å². The number of methoxy groups -OCH3 is 1. The van der Waals surface area contributed by atoms with E-state index in [2.05, 4.69) is 4.98 Å². The molecule has 1 atom stereocenters. The van der Waals surface area contributed by atoms with Gasteiger partial charge in [0.25, 0.3) is 0 Å². The molecule has 0 radical (unpaired) electrons. The van der Waals surface area contributed by atoms with Crippen LogP contribution in [0.1, 0.15) is 25.3 Å². The second-order valence-corrected chi connectivity index (χ2v) is 4.45. The van der Waals surface area contributed by atoms with Gasteiger partial charge in [0.1, 0.15) is 0 Å². The van der Waals surface area contributed by atoms with Crippen LogP contribution in [0, 0.1) is 0 Å². The molecule has 108 valence electrons. The Morgan fingerprint density at radius 3 is 2.62 bits per heavy atom. The minimum atomic E-state index is -0.881. The van der Waals surface area contributed by atoms with E-state index >= 15 is 0 Å². The van der Waals surface area contributed by atoms with Gasteiger partial charge in [-0.15, -0.1) is 0 Å². The molecule has 0 saturated carbocycles. The summed E-state index contributed by atoms with van der Waals surface area (Å²) in [6, 6.07) is 3.62. The van der Waals surface area contributed by atoms with Crippen molar-refractivity contribution in [2.75, 3.05) is 13.7 Å². The summed E-state index contributed by atoms with van der Waals surface area (Å²) in [5.41, 5.74) is 0.665. The molecule has 6 heteroatoms. The number of fused-ring (bicyclic) bond motifs is 1. The number of carbonyl (C=O) groups is 1. The van der Waals surface area contributed by atoms with Crippen LogP contribution in [-0.2, 0) is 4.79 Å². The van der Waals surface area contributed by atoms with Gasteiger partial charge in [-0.3, -0.25) is 9.78 Å². The fourth-order valence-electron chi connectivity index (χ4n) is 2.11.